The number of ether oxygens (including phenoxy) is 1. The number of hydrogen-bond acceptors (Lipinski definition) is 3. The Balaban J connectivity index is 1.76. The van der Waals surface area contributed by atoms with Gasteiger partial charge in [0.15, 0.2) is 5.78 Å². The monoisotopic (exact) mass is 334 g/mol. The quantitative estimate of drug-likeness (QED) is 0.680. The summed E-state index contributed by atoms with van der Waals surface area (Å²) in [6.07, 6.45) is 0. The average Bonchev–Trinajstić information content (AvgIpc) is 2.95. The number of para-hydroxylation sites is 1. The number of nitrogens with one attached hydrogen (secondary N) is 1. The fraction of sp³-hybridized carbons (Fsp3) is 0.190. The molecule has 128 valence electrons. The van der Waals surface area contributed by atoms with E-state index in [1.165, 1.54) is 0 Å². The zero-order chi connectivity index (χ0) is 17.8. The molecular formula is C21H22N2O2. The van der Waals surface area contributed by atoms with Crippen molar-refractivity contribution in [3.63, 3.8) is 0 Å². The Bertz CT molecular complexity index is 865. The highest BCUT2D eigenvalue weighted by atomic mass is 16.5. The van der Waals surface area contributed by atoms with Gasteiger partial charge in [0.25, 0.3) is 0 Å². The minimum Gasteiger partial charge on any atom is -0.497 e. The van der Waals surface area contributed by atoms with E-state index in [-0.39, 0.29) is 12.3 Å². The predicted molar refractivity (Wildman–Crippen MR) is 101 cm³/mol. The van der Waals surface area contributed by atoms with Crippen LogP contribution in [0, 0.1) is 13.8 Å². The topological polar surface area (TPSA) is 43.3 Å². The SMILES string of the molecule is COc1ccc(NCC(=O)c2cc(C)n(-c3ccccc3)c2C)cc1. The van der Waals surface area contributed by atoms with Gasteiger partial charge in [-0.05, 0) is 56.3 Å². The van der Waals surface area contributed by atoms with Crippen molar-refractivity contribution in [1.82, 2.24) is 4.57 Å². The van der Waals surface area contributed by atoms with Crippen LogP contribution in [0.15, 0.2) is 60.7 Å². The summed E-state index contributed by atoms with van der Waals surface area (Å²) in [4.78, 5) is 12.7. The van der Waals surface area contributed by atoms with Crippen molar-refractivity contribution < 1.29 is 9.53 Å². The third-order valence-corrected chi connectivity index (χ3v) is 4.29. The van der Waals surface area contributed by atoms with Crippen LogP contribution in [0.4, 0.5) is 5.69 Å². The van der Waals surface area contributed by atoms with Gasteiger partial charge in [-0.15, -0.1) is 0 Å². The van der Waals surface area contributed by atoms with Gasteiger partial charge in [-0.25, -0.2) is 0 Å². The lowest BCUT2D eigenvalue weighted by atomic mass is 10.1. The first-order valence-corrected chi connectivity index (χ1v) is 8.25. The van der Waals surface area contributed by atoms with Gasteiger partial charge in [-0.1, -0.05) is 18.2 Å². The first kappa shape index (κ1) is 16.8. The third-order valence-electron chi connectivity index (χ3n) is 4.29. The van der Waals surface area contributed by atoms with Crippen LogP contribution >= 0.6 is 0 Å². The van der Waals surface area contributed by atoms with Crippen LogP contribution in [0.5, 0.6) is 5.75 Å². The van der Waals surface area contributed by atoms with E-state index in [1.54, 1.807) is 7.11 Å². The van der Waals surface area contributed by atoms with Crippen LogP contribution in [0.3, 0.4) is 0 Å². The minimum atomic E-state index is 0.0751. The molecule has 0 aliphatic heterocycles. The number of carbonyl (C=O) groups is 1. The van der Waals surface area contributed by atoms with E-state index in [1.807, 2.05) is 74.5 Å². The van der Waals surface area contributed by atoms with Crippen molar-refractivity contribution in [1.29, 1.82) is 0 Å². The zero-order valence-electron chi connectivity index (χ0n) is 14.7. The molecule has 1 heterocycles. The van der Waals surface area contributed by atoms with Crippen LogP contribution in [0.25, 0.3) is 5.69 Å². The molecule has 3 rings (SSSR count). The van der Waals surface area contributed by atoms with Gasteiger partial charge in [0.05, 0.1) is 13.7 Å². The molecule has 25 heavy (non-hydrogen) atoms. The Morgan fingerprint density at radius 3 is 2.36 bits per heavy atom. The molecular weight excluding hydrogens is 312 g/mol. The molecule has 0 fully saturated rings. The second-order valence-corrected chi connectivity index (χ2v) is 5.96. The number of hydrogen-bond donors (Lipinski definition) is 1. The van der Waals surface area contributed by atoms with Gasteiger partial charge in [0.1, 0.15) is 5.75 Å². The lowest BCUT2D eigenvalue weighted by Crippen LogP contribution is -2.14. The van der Waals surface area contributed by atoms with Gasteiger partial charge in [0, 0.05) is 28.3 Å². The van der Waals surface area contributed by atoms with Crippen molar-refractivity contribution in [2.45, 2.75) is 13.8 Å². The summed E-state index contributed by atoms with van der Waals surface area (Å²) in [5.74, 6) is 0.870. The smallest absolute Gasteiger partial charge is 0.183 e. The van der Waals surface area contributed by atoms with Crippen molar-refractivity contribution in [2.24, 2.45) is 0 Å². The first-order chi connectivity index (χ1) is 12.1. The lowest BCUT2D eigenvalue weighted by molar-refractivity contribution is 0.101. The van der Waals surface area contributed by atoms with E-state index < -0.39 is 0 Å². The van der Waals surface area contributed by atoms with Crippen LogP contribution < -0.4 is 10.1 Å². The van der Waals surface area contributed by atoms with Gasteiger partial charge < -0.3 is 14.6 Å². The highest BCUT2D eigenvalue weighted by molar-refractivity contribution is 6.00. The van der Waals surface area contributed by atoms with Gasteiger partial charge >= 0.3 is 0 Å². The maximum atomic E-state index is 12.7. The highest BCUT2D eigenvalue weighted by Crippen LogP contribution is 2.21. The number of aromatic nitrogens is 1. The molecule has 0 aliphatic rings. The molecule has 0 bridgehead atoms. The molecule has 0 unspecified atom stereocenters. The first-order valence-electron chi connectivity index (χ1n) is 8.25. The molecule has 1 N–H and O–H groups in total. The minimum absolute atomic E-state index is 0.0751. The summed E-state index contributed by atoms with van der Waals surface area (Å²) in [6.45, 7) is 4.26. The summed E-state index contributed by atoms with van der Waals surface area (Å²) >= 11 is 0. The number of ketones is 1. The molecule has 0 atom stereocenters. The molecule has 0 spiro atoms. The van der Waals surface area contributed by atoms with Crippen molar-refractivity contribution in [2.75, 3.05) is 19.0 Å². The van der Waals surface area contributed by atoms with Crippen LogP contribution in [0.2, 0.25) is 0 Å². The van der Waals surface area contributed by atoms with E-state index in [9.17, 15) is 4.79 Å². The molecule has 0 aliphatic carbocycles. The Morgan fingerprint density at radius 2 is 1.72 bits per heavy atom. The summed E-state index contributed by atoms with van der Waals surface area (Å²) in [6, 6.07) is 19.6. The standard InChI is InChI=1S/C21H22N2O2/c1-15-13-20(16(2)23(15)18-7-5-4-6-8-18)21(24)14-22-17-9-11-19(25-3)12-10-17/h4-13,22H,14H2,1-3H3. The summed E-state index contributed by atoms with van der Waals surface area (Å²) < 4.78 is 7.25. The number of anilines is 1. The number of carbonyl (C=O) groups excluding carboxylic acids is 1. The Labute approximate surface area is 148 Å². The number of aryl methyl sites for hydroxylation is 1. The van der Waals surface area contributed by atoms with Gasteiger partial charge in [-0.2, -0.15) is 0 Å². The van der Waals surface area contributed by atoms with Crippen molar-refractivity contribution in [3.8, 4) is 11.4 Å². The van der Waals surface area contributed by atoms with Crippen LogP contribution in [0.1, 0.15) is 21.7 Å². The van der Waals surface area contributed by atoms with E-state index in [0.29, 0.717) is 0 Å². The maximum Gasteiger partial charge on any atom is 0.183 e. The summed E-state index contributed by atoms with van der Waals surface area (Å²) in [5.41, 5.74) is 4.73. The van der Waals surface area contributed by atoms with Gasteiger partial charge in [-0.3, -0.25) is 4.79 Å². The molecule has 0 radical (unpaired) electrons. The second-order valence-electron chi connectivity index (χ2n) is 5.96. The predicted octanol–water partition coefficient (Wildman–Crippen LogP) is 4.40. The summed E-state index contributed by atoms with van der Waals surface area (Å²) in [5, 5.41) is 3.18. The van der Waals surface area contributed by atoms with Crippen LogP contribution in [-0.2, 0) is 0 Å². The van der Waals surface area contributed by atoms with Crippen molar-refractivity contribution >= 4 is 11.5 Å². The number of benzene rings is 2. The second kappa shape index (κ2) is 7.26. The van der Waals surface area contributed by atoms with Gasteiger partial charge in [0.2, 0.25) is 0 Å². The summed E-state index contributed by atoms with van der Waals surface area (Å²) in [7, 11) is 1.63. The Morgan fingerprint density at radius 1 is 1.04 bits per heavy atom. The van der Waals surface area contributed by atoms with Crippen LogP contribution in [-0.4, -0.2) is 24.0 Å². The molecule has 4 nitrogen and oxygen atoms in total. The number of methoxy groups -OCH3 is 1. The molecule has 2 aromatic carbocycles. The molecule has 0 saturated carbocycles. The molecule has 1 aromatic heterocycles. The van der Waals surface area contributed by atoms with E-state index in [2.05, 4.69) is 9.88 Å². The van der Waals surface area contributed by atoms with E-state index in [4.69, 9.17) is 4.74 Å². The zero-order valence-corrected chi connectivity index (χ0v) is 14.7. The molecule has 0 amide bonds. The normalized spacial score (nSPS) is 10.5. The molecule has 4 heteroatoms. The fourth-order valence-electron chi connectivity index (χ4n) is 3.01. The average molecular weight is 334 g/mol. The fourth-order valence-corrected chi connectivity index (χ4v) is 3.01. The third kappa shape index (κ3) is 3.58. The highest BCUT2D eigenvalue weighted by Gasteiger charge is 2.16. The van der Waals surface area contributed by atoms with E-state index >= 15 is 0 Å². The van der Waals surface area contributed by atoms with Crippen molar-refractivity contribution in [3.05, 3.63) is 77.6 Å². The molecule has 3 aromatic rings. The van der Waals surface area contributed by atoms with E-state index in [0.717, 1.165) is 34.1 Å². The maximum absolute atomic E-state index is 12.7. The number of rotatable bonds is 6. The largest absolute Gasteiger partial charge is 0.497 e. The number of nitrogens with zero attached hydrogens (tertiary/aromatic N) is 1. The number of Topliss-reactive ketones (excluding diaryl/α,β-unsaturated/α-hetero) is 1. The Kier molecular flexibility index (Phi) is 4.89. The molecule has 0 saturated heterocycles. The Hall–Kier alpha value is -3.01. The lowest BCUT2D eigenvalue weighted by Gasteiger charge is -2.10.